The molecular weight excluding hydrogens is 234 g/mol. The van der Waals surface area contributed by atoms with Crippen molar-refractivity contribution in [2.24, 2.45) is 0 Å². The number of halogens is 1. The Morgan fingerprint density at radius 2 is 1.50 bits per heavy atom. The maximum Gasteiger partial charge on any atom is 0.634 e. The zero-order valence-corrected chi connectivity index (χ0v) is 10.8. The number of hydrogen-bond acceptors (Lipinski definition) is 5. The lowest BCUT2D eigenvalue weighted by Gasteiger charge is -2.31. The SMILES string of the molecule is C=C(Cl)COB(O)O.CC(C)(O)C(C)(C)O. The van der Waals surface area contributed by atoms with Gasteiger partial charge in [0.1, 0.15) is 0 Å². The molecule has 0 unspecified atom stereocenters. The van der Waals surface area contributed by atoms with Crippen LogP contribution in [0.15, 0.2) is 11.6 Å². The van der Waals surface area contributed by atoms with E-state index in [9.17, 15) is 0 Å². The third kappa shape index (κ3) is 12.0. The van der Waals surface area contributed by atoms with Crippen molar-refractivity contribution in [3.8, 4) is 0 Å². The van der Waals surface area contributed by atoms with E-state index < -0.39 is 18.5 Å². The van der Waals surface area contributed by atoms with Crippen LogP contribution in [0.2, 0.25) is 0 Å². The molecule has 5 nitrogen and oxygen atoms in total. The fraction of sp³-hybridized carbons (Fsp3) is 0.778. The molecule has 0 aliphatic rings. The molecule has 0 aliphatic carbocycles. The normalized spacial score (nSPS) is 11.6. The van der Waals surface area contributed by atoms with Crippen molar-refractivity contribution in [3.05, 3.63) is 11.6 Å². The highest BCUT2D eigenvalue weighted by molar-refractivity contribution is 6.33. The summed E-state index contributed by atoms with van der Waals surface area (Å²) in [7, 11) is -1.76. The topological polar surface area (TPSA) is 90.2 Å². The van der Waals surface area contributed by atoms with Crippen molar-refractivity contribution in [3.63, 3.8) is 0 Å². The zero-order valence-electron chi connectivity index (χ0n) is 10.1. The van der Waals surface area contributed by atoms with Gasteiger partial charge in [0.25, 0.3) is 0 Å². The van der Waals surface area contributed by atoms with E-state index >= 15 is 0 Å². The Morgan fingerprint density at radius 3 is 1.56 bits per heavy atom. The van der Waals surface area contributed by atoms with Crippen molar-refractivity contribution in [2.75, 3.05) is 6.61 Å². The van der Waals surface area contributed by atoms with E-state index in [2.05, 4.69) is 11.2 Å². The molecule has 4 N–H and O–H groups in total. The molecule has 0 aromatic heterocycles. The van der Waals surface area contributed by atoms with E-state index in [-0.39, 0.29) is 11.6 Å². The third-order valence-corrected chi connectivity index (χ3v) is 2.00. The Hall–Kier alpha value is -0.105. The van der Waals surface area contributed by atoms with Gasteiger partial charge in [-0.2, -0.15) is 0 Å². The third-order valence-electron chi connectivity index (χ3n) is 1.89. The molecule has 0 saturated heterocycles. The van der Waals surface area contributed by atoms with Gasteiger partial charge in [-0.3, -0.25) is 0 Å². The summed E-state index contributed by atoms with van der Waals surface area (Å²) in [5.74, 6) is 0. The van der Waals surface area contributed by atoms with Gasteiger partial charge >= 0.3 is 7.32 Å². The lowest BCUT2D eigenvalue weighted by molar-refractivity contribution is -0.107. The number of aliphatic hydroxyl groups is 2. The molecular formula is C9H20BClO5. The fourth-order valence-electron chi connectivity index (χ4n) is 0.165. The van der Waals surface area contributed by atoms with Crippen LogP contribution in [-0.2, 0) is 4.65 Å². The predicted molar refractivity (Wildman–Crippen MR) is 63.7 cm³/mol. The van der Waals surface area contributed by atoms with Crippen LogP contribution in [-0.4, -0.2) is 45.4 Å². The van der Waals surface area contributed by atoms with Crippen molar-refractivity contribution < 1.29 is 24.9 Å². The van der Waals surface area contributed by atoms with Crippen molar-refractivity contribution in [1.29, 1.82) is 0 Å². The molecule has 0 aromatic rings. The summed E-state index contributed by atoms with van der Waals surface area (Å²) in [4.78, 5) is 0. The van der Waals surface area contributed by atoms with Crippen LogP contribution >= 0.6 is 11.6 Å². The molecule has 0 saturated carbocycles. The largest absolute Gasteiger partial charge is 0.634 e. The molecule has 0 aromatic carbocycles. The average Bonchev–Trinajstić information content (AvgIpc) is 1.98. The standard InChI is InChI=1S/C6H14O2.C3H6BClO3/c1-5(2,7)6(3,4)8;1-3(5)2-8-4(6)7/h7-8H,1-4H3;6-7H,1-2H2. The van der Waals surface area contributed by atoms with Gasteiger partial charge in [-0.1, -0.05) is 18.2 Å². The maximum atomic E-state index is 9.10. The monoisotopic (exact) mass is 254 g/mol. The molecule has 96 valence electrons. The van der Waals surface area contributed by atoms with Gasteiger partial charge in [0.15, 0.2) is 0 Å². The molecule has 0 bridgehead atoms. The Labute approximate surface area is 101 Å². The van der Waals surface area contributed by atoms with Crippen molar-refractivity contribution in [2.45, 2.75) is 38.9 Å². The van der Waals surface area contributed by atoms with Gasteiger partial charge in [0, 0.05) is 5.03 Å². The summed E-state index contributed by atoms with van der Waals surface area (Å²) in [6.07, 6.45) is 0. The van der Waals surface area contributed by atoms with Crippen LogP contribution in [0.4, 0.5) is 0 Å². The van der Waals surface area contributed by atoms with Crippen LogP contribution in [0, 0.1) is 0 Å². The second-order valence-electron chi connectivity index (χ2n) is 4.27. The zero-order chi connectivity index (χ0) is 13.6. The van der Waals surface area contributed by atoms with E-state index in [1.165, 1.54) is 0 Å². The number of hydrogen-bond donors (Lipinski definition) is 4. The molecule has 0 heterocycles. The van der Waals surface area contributed by atoms with Gasteiger partial charge in [0.05, 0.1) is 17.8 Å². The molecule has 0 spiro atoms. The molecule has 0 atom stereocenters. The highest BCUT2D eigenvalue weighted by Gasteiger charge is 2.31. The van der Waals surface area contributed by atoms with E-state index in [1.54, 1.807) is 27.7 Å². The highest BCUT2D eigenvalue weighted by Crippen LogP contribution is 2.19. The number of rotatable bonds is 4. The molecule has 0 amide bonds. The minimum Gasteiger partial charge on any atom is -0.402 e. The Morgan fingerprint density at radius 1 is 1.19 bits per heavy atom. The maximum absolute atomic E-state index is 9.10. The lowest BCUT2D eigenvalue weighted by atomic mass is 9.90. The summed E-state index contributed by atoms with van der Waals surface area (Å²) >= 11 is 5.18. The molecule has 0 rings (SSSR count). The highest BCUT2D eigenvalue weighted by atomic mass is 35.5. The summed E-state index contributed by atoms with van der Waals surface area (Å²) in [5, 5.41) is 34.5. The summed E-state index contributed by atoms with van der Waals surface area (Å²) in [5.41, 5.74) is -2.01. The smallest absolute Gasteiger partial charge is 0.402 e. The molecule has 0 aliphatic heterocycles. The van der Waals surface area contributed by atoms with E-state index in [0.29, 0.717) is 0 Å². The first-order chi connectivity index (χ1) is 6.88. The van der Waals surface area contributed by atoms with Crippen LogP contribution in [0.1, 0.15) is 27.7 Å². The molecule has 7 heteroatoms. The van der Waals surface area contributed by atoms with Gasteiger partial charge in [-0.25, -0.2) is 0 Å². The first kappa shape index (κ1) is 18.3. The molecule has 16 heavy (non-hydrogen) atoms. The summed E-state index contributed by atoms with van der Waals surface area (Å²) < 4.78 is 4.18. The van der Waals surface area contributed by atoms with E-state index in [4.69, 9.17) is 31.9 Å². The summed E-state index contributed by atoms with van der Waals surface area (Å²) in [6.45, 7) is 9.51. The minimum absolute atomic E-state index is 0.0424. The van der Waals surface area contributed by atoms with Gasteiger partial charge in [-0.15, -0.1) is 0 Å². The van der Waals surface area contributed by atoms with E-state index in [0.717, 1.165) is 0 Å². The second kappa shape index (κ2) is 7.27. The first-order valence-corrected chi connectivity index (χ1v) is 5.01. The molecule has 0 fully saturated rings. The average molecular weight is 255 g/mol. The van der Waals surface area contributed by atoms with Crippen LogP contribution in [0.5, 0.6) is 0 Å². The predicted octanol–water partition coefficient (Wildman–Crippen LogP) is 0.253. The Balaban J connectivity index is 0. The fourth-order valence-corrected chi connectivity index (χ4v) is 0.228. The Bertz CT molecular complexity index is 195. The summed E-state index contributed by atoms with van der Waals surface area (Å²) in [6, 6.07) is 0. The first-order valence-electron chi connectivity index (χ1n) is 4.63. The molecule has 0 radical (unpaired) electrons. The quantitative estimate of drug-likeness (QED) is 0.540. The van der Waals surface area contributed by atoms with E-state index in [1.807, 2.05) is 0 Å². The van der Waals surface area contributed by atoms with Crippen LogP contribution < -0.4 is 0 Å². The second-order valence-corrected chi connectivity index (χ2v) is 4.81. The lowest BCUT2D eigenvalue weighted by Crippen LogP contribution is -2.44. The van der Waals surface area contributed by atoms with Crippen LogP contribution in [0.25, 0.3) is 0 Å². The van der Waals surface area contributed by atoms with Crippen LogP contribution in [0.3, 0.4) is 0 Å². The van der Waals surface area contributed by atoms with Crippen molar-refractivity contribution in [1.82, 2.24) is 0 Å². The van der Waals surface area contributed by atoms with Crippen molar-refractivity contribution >= 4 is 18.9 Å². The van der Waals surface area contributed by atoms with Gasteiger partial charge < -0.3 is 24.9 Å². The Kier molecular flexibility index (Phi) is 8.29. The van der Waals surface area contributed by atoms with Gasteiger partial charge in [0.2, 0.25) is 0 Å². The minimum atomic E-state index is -1.76. The van der Waals surface area contributed by atoms with Gasteiger partial charge in [-0.05, 0) is 27.7 Å².